The summed E-state index contributed by atoms with van der Waals surface area (Å²) in [6, 6.07) is 13.6. The van der Waals surface area contributed by atoms with E-state index in [2.05, 4.69) is 11.6 Å². The van der Waals surface area contributed by atoms with E-state index in [4.69, 9.17) is 0 Å². The fourth-order valence-corrected chi connectivity index (χ4v) is 3.07. The minimum Gasteiger partial charge on any atom is -0.268 e. The first-order chi connectivity index (χ1) is 10.7. The number of nitrogens with zero attached hydrogens (tertiary/aromatic N) is 2. The molecule has 0 atom stereocenters. The van der Waals surface area contributed by atoms with Crippen LogP contribution >= 0.6 is 0 Å². The van der Waals surface area contributed by atoms with Crippen LogP contribution in [0, 0.1) is 0 Å². The maximum absolute atomic E-state index is 13.0. The highest BCUT2D eigenvalue weighted by molar-refractivity contribution is 6.02. The number of imidazole rings is 1. The van der Waals surface area contributed by atoms with Crippen LogP contribution in [0.3, 0.4) is 0 Å². The quantitative estimate of drug-likeness (QED) is 0.538. The van der Waals surface area contributed by atoms with Crippen molar-refractivity contribution >= 4 is 40.1 Å². The Morgan fingerprint density at radius 2 is 1.95 bits per heavy atom. The van der Waals surface area contributed by atoms with E-state index in [-0.39, 0.29) is 5.56 Å². The van der Waals surface area contributed by atoms with Crippen molar-refractivity contribution in [2.24, 2.45) is 0 Å². The number of hydrogen-bond donors (Lipinski definition) is 0. The maximum Gasteiger partial charge on any atom is 0.264 e. The van der Waals surface area contributed by atoms with Crippen molar-refractivity contribution in [3.05, 3.63) is 69.7 Å². The molecular formula is C19H14N2O. The van der Waals surface area contributed by atoms with Gasteiger partial charge in [-0.05, 0) is 24.3 Å². The van der Waals surface area contributed by atoms with Gasteiger partial charge in [-0.25, -0.2) is 4.98 Å². The average Bonchev–Trinajstić information content (AvgIpc) is 2.91. The zero-order valence-corrected chi connectivity index (χ0v) is 12.2. The van der Waals surface area contributed by atoms with Crippen LogP contribution in [0.2, 0.25) is 0 Å². The second-order valence-electron chi connectivity index (χ2n) is 5.32. The molecule has 0 spiro atoms. The van der Waals surface area contributed by atoms with Crippen molar-refractivity contribution in [2.45, 2.75) is 6.92 Å². The van der Waals surface area contributed by atoms with E-state index in [0.717, 1.165) is 27.0 Å². The van der Waals surface area contributed by atoms with E-state index in [9.17, 15) is 4.79 Å². The van der Waals surface area contributed by atoms with E-state index in [1.165, 1.54) is 0 Å². The Morgan fingerprint density at radius 3 is 2.77 bits per heavy atom. The maximum atomic E-state index is 13.0. The molecule has 0 aliphatic rings. The molecule has 0 aliphatic carbocycles. The molecule has 0 bridgehead atoms. The molecule has 4 aromatic rings. The predicted molar refractivity (Wildman–Crippen MR) is 91.9 cm³/mol. The summed E-state index contributed by atoms with van der Waals surface area (Å²) in [6.07, 6.45) is 3.74. The fourth-order valence-electron chi connectivity index (χ4n) is 3.07. The Hall–Kier alpha value is -2.94. The molecule has 106 valence electrons. The lowest BCUT2D eigenvalue weighted by atomic mass is 10.0. The molecule has 3 nitrogen and oxygen atoms in total. The smallest absolute Gasteiger partial charge is 0.264 e. The van der Waals surface area contributed by atoms with E-state index in [1.54, 1.807) is 4.40 Å². The van der Waals surface area contributed by atoms with Gasteiger partial charge in [0.05, 0.1) is 11.0 Å². The number of rotatable bonds is 1. The number of fused-ring (bicyclic) bond motifs is 5. The van der Waals surface area contributed by atoms with Crippen LogP contribution in [0.5, 0.6) is 0 Å². The Bertz CT molecular complexity index is 1170. The largest absolute Gasteiger partial charge is 0.268 e. The van der Waals surface area contributed by atoms with Crippen molar-refractivity contribution in [3.8, 4) is 0 Å². The first kappa shape index (κ1) is 12.8. The molecule has 0 N–H and O–H groups in total. The van der Waals surface area contributed by atoms with Crippen molar-refractivity contribution in [2.75, 3.05) is 0 Å². The first-order valence-electron chi connectivity index (χ1n) is 7.20. The first-order valence-corrected chi connectivity index (χ1v) is 7.20. The number of hydrogen-bond acceptors (Lipinski definition) is 2. The van der Waals surface area contributed by atoms with Gasteiger partial charge in [-0.3, -0.25) is 9.20 Å². The van der Waals surface area contributed by atoms with Gasteiger partial charge in [-0.1, -0.05) is 49.1 Å². The molecule has 3 heteroatoms. The third-order valence-corrected chi connectivity index (χ3v) is 3.99. The zero-order chi connectivity index (χ0) is 15.3. The molecule has 22 heavy (non-hydrogen) atoms. The minimum atomic E-state index is -0.0506. The van der Waals surface area contributed by atoms with Gasteiger partial charge in [0.1, 0.15) is 5.65 Å². The summed E-state index contributed by atoms with van der Waals surface area (Å²) >= 11 is 0. The van der Waals surface area contributed by atoms with Gasteiger partial charge in [-0.2, -0.15) is 0 Å². The predicted octanol–water partition coefficient (Wildman–Crippen LogP) is 3.16. The van der Waals surface area contributed by atoms with Gasteiger partial charge in [0.2, 0.25) is 0 Å². The van der Waals surface area contributed by atoms with Crippen molar-refractivity contribution in [3.63, 3.8) is 0 Å². The van der Waals surface area contributed by atoms with Crippen molar-refractivity contribution in [1.82, 2.24) is 9.38 Å². The highest BCUT2D eigenvalue weighted by atomic mass is 16.1. The second-order valence-corrected chi connectivity index (χ2v) is 5.32. The molecule has 2 aromatic heterocycles. The summed E-state index contributed by atoms with van der Waals surface area (Å²) in [7, 11) is 0. The molecule has 0 aliphatic heterocycles. The van der Waals surface area contributed by atoms with Crippen molar-refractivity contribution < 1.29 is 0 Å². The Balaban J connectivity index is 2.44. The lowest BCUT2D eigenvalue weighted by Gasteiger charge is -2.05. The zero-order valence-electron chi connectivity index (χ0n) is 12.2. The van der Waals surface area contributed by atoms with Crippen LogP contribution in [0.1, 0.15) is 12.5 Å². The molecule has 0 unspecified atom stereocenters. The van der Waals surface area contributed by atoms with Crippen LogP contribution in [-0.2, 0) is 0 Å². The van der Waals surface area contributed by atoms with Gasteiger partial charge < -0.3 is 0 Å². The molecular weight excluding hydrogens is 272 g/mol. The Labute approximate surface area is 126 Å². The van der Waals surface area contributed by atoms with Gasteiger partial charge in [0.15, 0.2) is 0 Å². The molecule has 2 heterocycles. The lowest BCUT2D eigenvalue weighted by Crippen LogP contribution is -2.19. The standard InChI is InChI=1S/C19H14N2O/c1-3-7-14-17-12(2)8-6-9-13(17)18-20-15-10-4-5-11-16(15)21(18)19(14)22/h3-11H,2H2,1H3/b7-3-. The Morgan fingerprint density at radius 1 is 1.14 bits per heavy atom. The summed E-state index contributed by atoms with van der Waals surface area (Å²) in [4.78, 5) is 17.7. The summed E-state index contributed by atoms with van der Waals surface area (Å²) in [5.41, 5.74) is 2.97. The van der Waals surface area contributed by atoms with Crippen LogP contribution in [-0.4, -0.2) is 9.38 Å². The fraction of sp³-hybridized carbons (Fsp3) is 0.0526. The molecule has 0 saturated heterocycles. The van der Waals surface area contributed by atoms with Gasteiger partial charge >= 0.3 is 0 Å². The molecule has 4 rings (SSSR count). The van der Waals surface area contributed by atoms with E-state index >= 15 is 0 Å². The second kappa shape index (κ2) is 4.53. The summed E-state index contributed by atoms with van der Waals surface area (Å²) in [5, 5.41) is 2.68. The van der Waals surface area contributed by atoms with Crippen LogP contribution in [0.4, 0.5) is 0 Å². The lowest BCUT2D eigenvalue weighted by molar-refractivity contribution is 1.16. The van der Waals surface area contributed by atoms with Crippen molar-refractivity contribution in [1.29, 1.82) is 0 Å². The van der Waals surface area contributed by atoms with Crippen LogP contribution in [0.15, 0.2) is 53.3 Å². The van der Waals surface area contributed by atoms with Gasteiger partial charge in [0.25, 0.3) is 5.56 Å². The average molecular weight is 286 g/mol. The molecule has 0 fully saturated rings. The highest BCUT2D eigenvalue weighted by Crippen LogP contribution is 2.23. The topological polar surface area (TPSA) is 34.4 Å². The number of para-hydroxylation sites is 2. The third kappa shape index (κ3) is 1.56. The molecule has 0 radical (unpaired) electrons. The number of pyridine rings is 1. The molecule has 0 amide bonds. The van der Waals surface area contributed by atoms with E-state index in [1.807, 2.05) is 61.5 Å². The third-order valence-electron chi connectivity index (χ3n) is 3.99. The van der Waals surface area contributed by atoms with Gasteiger partial charge in [-0.15, -0.1) is 0 Å². The van der Waals surface area contributed by atoms with Crippen LogP contribution in [0.25, 0.3) is 40.1 Å². The van der Waals surface area contributed by atoms with E-state index < -0.39 is 0 Å². The summed E-state index contributed by atoms with van der Waals surface area (Å²) < 4.78 is 1.70. The highest BCUT2D eigenvalue weighted by Gasteiger charge is 2.15. The monoisotopic (exact) mass is 286 g/mol. The van der Waals surface area contributed by atoms with E-state index in [0.29, 0.717) is 11.2 Å². The minimum absolute atomic E-state index is 0.0506. The SMILES string of the molecule is C=c1cccc2c1c(/C=C\C)c(=O)n1c3ccccc3nc21. The molecule has 0 saturated carbocycles. The number of aromatic nitrogens is 2. The number of allylic oxidation sites excluding steroid dienone is 1. The van der Waals surface area contributed by atoms with Gasteiger partial charge in [0, 0.05) is 16.3 Å². The van der Waals surface area contributed by atoms with Crippen LogP contribution < -0.4 is 10.8 Å². The number of benzene rings is 2. The summed E-state index contributed by atoms with van der Waals surface area (Å²) in [6.45, 7) is 5.99. The normalized spacial score (nSPS) is 12.0. The Kier molecular flexibility index (Phi) is 2.63. The molecule has 2 aromatic carbocycles. The summed E-state index contributed by atoms with van der Waals surface area (Å²) in [5.74, 6) is 0.